The molecule has 2 amide bonds. The Morgan fingerprint density at radius 2 is 2.15 bits per heavy atom. The lowest BCUT2D eigenvalue weighted by atomic mass is 9.94. The molecular formula is C18H15FN6O2. The summed E-state index contributed by atoms with van der Waals surface area (Å²) in [6, 6.07) is 3.57. The van der Waals surface area contributed by atoms with E-state index in [-0.39, 0.29) is 5.56 Å². The Morgan fingerprint density at radius 3 is 2.89 bits per heavy atom. The van der Waals surface area contributed by atoms with Crippen molar-refractivity contribution in [2.45, 2.75) is 6.92 Å². The number of rotatable bonds is 4. The molecule has 0 atom stereocenters. The van der Waals surface area contributed by atoms with Crippen LogP contribution in [0.2, 0.25) is 0 Å². The molecule has 0 unspecified atom stereocenters. The van der Waals surface area contributed by atoms with Crippen LogP contribution in [0.5, 0.6) is 0 Å². The van der Waals surface area contributed by atoms with E-state index in [0.29, 0.717) is 39.9 Å². The van der Waals surface area contributed by atoms with E-state index in [4.69, 9.17) is 0 Å². The molecule has 8 nitrogen and oxygen atoms in total. The van der Waals surface area contributed by atoms with Crippen molar-refractivity contribution >= 4 is 34.7 Å². The number of aromatic nitrogens is 4. The highest BCUT2D eigenvalue weighted by Crippen LogP contribution is 2.35. The second-order valence-electron chi connectivity index (χ2n) is 6.00. The first-order chi connectivity index (χ1) is 13.0. The molecule has 0 saturated heterocycles. The van der Waals surface area contributed by atoms with Crippen LogP contribution >= 0.6 is 0 Å². The second-order valence-corrected chi connectivity index (χ2v) is 6.00. The van der Waals surface area contributed by atoms with Crippen molar-refractivity contribution in [2.75, 3.05) is 12.4 Å². The van der Waals surface area contributed by atoms with E-state index >= 15 is 4.39 Å². The minimum atomic E-state index is -0.602. The maximum Gasteiger partial charge on any atom is 0.256 e. The number of nitrogens with one attached hydrogen (secondary N) is 3. The average molecular weight is 366 g/mol. The maximum atomic E-state index is 15.0. The van der Waals surface area contributed by atoms with Gasteiger partial charge in [-0.15, -0.1) is 0 Å². The lowest BCUT2D eigenvalue weighted by Crippen LogP contribution is -2.20. The van der Waals surface area contributed by atoms with Crippen LogP contribution in [0, 0.1) is 12.7 Å². The number of nitrogens with zero attached hydrogens (tertiary/aromatic N) is 3. The molecule has 4 rings (SSSR count). The van der Waals surface area contributed by atoms with Crippen LogP contribution in [0.15, 0.2) is 30.7 Å². The van der Waals surface area contributed by atoms with Gasteiger partial charge < -0.3 is 15.0 Å². The number of hydrogen-bond acceptors (Lipinski definition) is 4. The van der Waals surface area contributed by atoms with Crippen molar-refractivity contribution in [1.82, 2.24) is 24.9 Å². The molecule has 3 aromatic heterocycles. The first-order valence-electron chi connectivity index (χ1n) is 8.11. The van der Waals surface area contributed by atoms with Gasteiger partial charge in [-0.3, -0.25) is 14.7 Å². The number of halogens is 1. The summed E-state index contributed by atoms with van der Waals surface area (Å²) in [6.07, 6.45) is 5.56. The maximum absolute atomic E-state index is 15.0. The van der Waals surface area contributed by atoms with Gasteiger partial charge >= 0.3 is 0 Å². The Labute approximate surface area is 152 Å². The number of carbonyl (C=O) groups excluding carboxylic acids is 2. The minimum Gasteiger partial charge on any atom is -0.355 e. The summed E-state index contributed by atoms with van der Waals surface area (Å²) in [6.45, 7) is 1.63. The Hall–Kier alpha value is -3.75. The molecule has 27 heavy (non-hydrogen) atoms. The summed E-state index contributed by atoms with van der Waals surface area (Å²) >= 11 is 0. The Morgan fingerprint density at radius 1 is 1.33 bits per heavy atom. The van der Waals surface area contributed by atoms with Crippen molar-refractivity contribution in [3.8, 4) is 11.1 Å². The van der Waals surface area contributed by atoms with Gasteiger partial charge in [-0.25, -0.2) is 9.37 Å². The quantitative estimate of drug-likeness (QED) is 0.482. The summed E-state index contributed by atoms with van der Waals surface area (Å²) in [5.74, 6) is -0.713. The topological polar surface area (TPSA) is 104 Å². The van der Waals surface area contributed by atoms with E-state index in [1.165, 1.54) is 7.05 Å². The molecule has 0 aliphatic rings. The molecule has 0 bridgehead atoms. The molecular weight excluding hydrogens is 351 g/mol. The Balaban J connectivity index is 1.98. The fourth-order valence-electron chi connectivity index (χ4n) is 3.26. The second kappa shape index (κ2) is 6.20. The van der Waals surface area contributed by atoms with Crippen LogP contribution in [0.25, 0.3) is 27.7 Å². The molecule has 3 N–H and O–H groups in total. The molecule has 0 spiro atoms. The summed E-state index contributed by atoms with van der Waals surface area (Å²) in [5, 5.41) is 12.3. The molecule has 0 radical (unpaired) electrons. The van der Waals surface area contributed by atoms with Gasteiger partial charge in [0, 0.05) is 24.2 Å². The highest BCUT2D eigenvalue weighted by Gasteiger charge is 2.23. The van der Waals surface area contributed by atoms with E-state index in [1.807, 2.05) is 0 Å². The molecule has 0 aliphatic heterocycles. The molecule has 9 heteroatoms. The molecule has 0 fully saturated rings. The first kappa shape index (κ1) is 16.7. The Kier molecular flexibility index (Phi) is 3.84. The molecule has 3 heterocycles. The molecule has 136 valence electrons. The van der Waals surface area contributed by atoms with Crippen molar-refractivity contribution in [3.05, 3.63) is 47.7 Å². The fraction of sp³-hybridized carbons (Fsp3) is 0.111. The summed E-state index contributed by atoms with van der Waals surface area (Å²) in [7, 11) is 1.45. The smallest absolute Gasteiger partial charge is 0.256 e. The minimum absolute atomic E-state index is 0.0626. The van der Waals surface area contributed by atoms with Gasteiger partial charge in [-0.2, -0.15) is 5.10 Å². The number of aromatic amines is 1. The Bertz CT molecular complexity index is 1210. The monoisotopic (exact) mass is 366 g/mol. The number of imidazole rings is 1. The van der Waals surface area contributed by atoms with Crippen LogP contribution in [0.1, 0.15) is 15.9 Å². The zero-order valence-electron chi connectivity index (χ0n) is 14.5. The van der Waals surface area contributed by atoms with Crippen molar-refractivity contribution in [2.24, 2.45) is 0 Å². The van der Waals surface area contributed by atoms with Gasteiger partial charge in [0.05, 0.1) is 17.9 Å². The van der Waals surface area contributed by atoms with Crippen molar-refractivity contribution in [3.63, 3.8) is 0 Å². The van der Waals surface area contributed by atoms with E-state index in [9.17, 15) is 9.59 Å². The normalized spacial score (nSPS) is 11.1. The van der Waals surface area contributed by atoms with Crippen molar-refractivity contribution < 1.29 is 14.0 Å². The molecule has 4 aromatic rings. The van der Waals surface area contributed by atoms with Gasteiger partial charge in [0.1, 0.15) is 17.0 Å². The zero-order valence-corrected chi connectivity index (χ0v) is 14.5. The number of benzene rings is 1. The van der Waals surface area contributed by atoms with Crippen LogP contribution in [-0.2, 0) is 4.79 Å². The average Bonchev–Trinajstić information content (AvgIpc) is 3.28. The van der Waals surface area contributed by atoms with E-state index in [0.717, 1.165) is 5.56 Å². The first-order valence-corrected chi connectivity index (χ1v) is 8.11. The van der Waals surface area contributed by atoms with E-state index in [1.54, 1.807) is 42.0 Å². The number of H-pyrrole nitrogens is 1. The molecule has 0 saturated carbocycles. The summed E-state index contributed by atoms with van der Waals surface area (Å²) < 4.78 is 16.8. The van der Waals surface area contributed by atoms with E-state index in [2.05, 4.69) is 25.8 Å². The van der Waals surface area contributed by atoms with E-state index < -0.39 is 11.7 Å². The number of hydrogen-bond donors (Lipinski definition) is 3. The highest BCUT2D eigenvalue weighted by molar-refractivity contribution is 6.10. The SMILES string of the molecule is CNC(=O)c1c(F)c(C)c(-c2ccc3nc(NC=O)cn3c2)c2cn[nH]c12. The highest BCUT2D eigenvalue weighted by atomic mass is 19.1. The lowest BCUT2D eigenvalue weighted by Gasteiger charge is -2.13. The van der Waals surface area contributed by atoms with Crippen LogP contribution in [0.4, 0.5) is 10.2 Å². The predicted molar refractivity (Wildman–Crippen MR) is 98.1 cm³/mol. The summed E-state index contributed by atoms with van der Waals surface area (Å²) in [5.41, 5.74) is 2.60. The zero-order chi connectivity index (χ0) is 19.1. The number of amides is 2. The number of carbonyl (C=O) groups is 2. The van der Waals surface area contributed by atoms with Gasteiger partial charge in [-0.1, -0.05) is 0 Å². The van der Waals surface area contributed by atoms with Gasteiger partial charge in [-0.05, 0) is 30.2 Å². The third-order valence-electron chi connectivity index (χ3n) is 4.48. The number of fused-ring (bicyclic) bond motifs is 2. The third kappa shape index (κ3) is 2.51. The van der Waals surface area contributed by atoms with Crippen LogP contribution in [-0.4, -0.2) is 38.9 Å². The number of pyridine rings is 1. The van der Waals surface area contributed by atoms with Gasteiger partial charge in [0.25, 0.3) is 5.91 Å². The predicted octanol–water partition coefficient (Wildman–Crippen LogP) is 2.25. The fourth-order valence-corrected chi connectivity index (χ4v) is 3.26. The van der Waals surface area contributed by atoms with Gasteiger partial charge in [0.15, 0.2) is 5.82 Å². The molecule has 1 aromatic carbocycles. The molecule has 0 aliphatic carbocycles. The van der Waals surface area contributed by atoms with Crippen LogP contribution in [0.3, 0.4) is 0 Å². The third-order valence-corrected chi connectivity index (χ3v) is 4.48. The largest absolute Gasteiger partial charge is 0.355 e. The van der Waals surface area contributed by atoms with Crippen molar-refractivity contribution in [1.29, 1.82) is 0 Å². The van der Waals surface area contributed by atoms with Gasteiger partial charge in [0.2, 0.25) is 6.41 Å². The summed E-state index contributed by atoms with van der Waals surface area (Å²) in [4.78, 5) is 27.0. The number of anilines is 1. The lowest BCUT2D eigenvalue weighted by molar-refractivity contribution is -0.105. The van der Waals surface area contributed by atoms with Crippen LogP contribution < -0.4 is 10.6 Å². The standard InChI is InChI=1S/C18H15FN6O2/c1-9-14(10-3-4-13-23-12(21-8-26)7-25(13)6-10)11-5-22-24-17(11)15(16(9)19)18(27)20-2/h3-8H,1-2H3,(H,20,27)(H,21,26)(H,22,24).